The van der Waals surface area contributed by atoms with Gasteiger partial charge in [0.1, 0.15) is 5.65 Å². The summed E-state index contributed by atoms with van der Waals surface area (Å²) in [5.74, 6) is 4.38. The molecule has 0 bridgehead atoms. The molecule has 1 aromatic carbocycles. The number of aromatic nitrogens is 4. The van der Waals surface area contributed by atoms with Gasteiger partial charge in [0, 0.05) is 66.2 Å². The summed E-state index contributed by atoms with van der Waals surface area (Å²) >= 11 is 0. The molecular weight excluding hydrogens is 382 g/mol. The quantitative estimate of drug-likeness (QED) is 0.490. The van der Waals surface area contributed by atoms with Crippen molar-refractivity contribution in [3.63, 3.8) is 0 Å². The molecule has 150 valence electrons. The number of rotatable bonds is 6. The van der Waals surface area contributed by atoms with Gasteiger partial charge in [-0.3, -0.25) is 0 Å². The summed E-state index contributed by atoms with van der Waals surface area (Å²) in [5, 5.41) is 5.32. The Morgan fingerprint density at radius 3 is 2.59 bits per heavy atom. The number of hydrogen-bond donors (Lipinski definition) is 1. The van der Waals surface area contributed by atoms with Crippen molar-refractivity contribution in [2.75, 3.05) is 24.7 Å². The average molecular weight is 408 g/mol. The Bertz CT molecular complexity index is 1250. The lowest BCUT2D eigenvalue weighted by atomic mass is 10.0. The fourth-order valence-electron chi connectivity index (χ4n) is 3.39. The molecule has 7 heteroatoms. The molecule has 3 heterocycles. The largest absolute Gasteiger partial charge is 0.378 e. The van der Waals surface area contributed by atoms with Crippen LogP contribution in [0.5, 0.6) is 0 Å². The molecule has 0 aliphatic heterocycles. The van der Waals surface area contributed by atoms with Crippen molar-refractivity contribution in [3.8, 4) is 22.3 Å². The maximum absolute atomic E-state index is 12.7. The zero-order chi connectivity index (χ0) is 20.6. The molecule has 0 spiro atoms. The molecule has 4 rings (SSSR count). The summed E-state index contributed by atoms with van der Waals surface area (Å²) in [6.07, 6.45) is 8.14. The minimum Gasteiger partial charge on any atom is -0.378 e. The molecule has 29 heavy (non-hydrogen) atoms. The van der Waals surface area contributed by atoms with Crippen LogP contribution < -0.4 is 4.90 Å². The van der Waals surface area contributed by atoms with Crippen LogP contribution in [-0.2, 0) is 9.71 Å². The van der Waals surface area contributed by atoms with E-state index in [9.17, 15) is 4.21 Å². The molecule has 0 radical (unpaired) electrons. The molecule has 1 unspecified atom stereocenters. The third-order valence-corrected chi connectivity index (χ3v) is 6.91. The van der Waals surface area contributed by atoms with Crippen molar-refractivity contribution < 1.29 is 4.21 Å². The Labute approximate surface area is 171 Å². The average Bonchev–Trinajstić information content (AvgIpc) is 3.35. The first kappa shape index (κ1) is 19.3. The SMILES string of the molecule is C=S(=O)(CCC)n1cc(-c2c[nH]c3ncc(-c4ccc(N(C)C)cc4)cc23)cn1. The minimum absolute atomic E-state index is 0.511. The molecule has 0 saturated heterocycles. The first-order chi connectivity index (χ1) is 13.9. The van der Waals surface area contributed by atoms with Gasteiger partial charge in [-0.1, -0.05) is 19.1 Å². The van der Waals surface area contributed by atoms with Crippen molar-refractivity contribution in [1.82, 2.24) is 19.2 Å². The molecule has 0 saturated carbocycles. The summed E-state index contributed by atoms with van der Waals surface area (Å²) in [5.41, 5.74) is 5.99. The molecule has 1 N–H and O–H groups in total. The van der Waals surface area contributed by atoms with Crippen molar-refractivity contribution in [2.24, 2.45) is 0 Å². The van der Waals surface area contributed by atoms with Gasteiger partial charge < -0.3 is 9.88 Å². The van der Waals surface area contributed by atoms with Crippen LogP contribution in [0.4, 0.5) is 5.69 Å². The molecule has 0 fully saturated rings. The molecule has 0 aliphatic carbocycles. The lowest BCUT2D eigenvalue weighted by Crippen LogP contribution is -2.16. The van der Waals surface area contributed by atoms with Crippen LogP contribution >= 0.6 is 0 Å². The van der Waals surface area contributed by atoms with Crippen LogP contribution in [-0.4, -0.2) is 49.1 Å². The third kappa shape index (κ3) is 3.65. The number of benzene rings is 1. The number of nitrogens with zero attached hydrogens (tertiary/aromatic N) is 4. The van der Waals surface area contributed by atoms with E-state index in [0.717, 1.165) is 45.4 Å². The molecule has 6 nitrogen and oxygen atoms in total. The number of H-pyrrole nitrogens is 1. The van der Waals surface area contributed by atoms with E-state index in [1.54, 1.807) is 6.20 Å². The number of hydrogen-bond acceptors (Lipinski definition) is 4. The number of pyridine rings is 1. The highest BCUT2D eigenvalue weighted by atomic mass is 32.2. The number of fused-ring (bicyclic) bond motifs is 1. The highest BCUT2D eigenvalue weighted by Gasteiger charge is 2.13. The van der Waals surface area contributed by atoms with Crippen LogP contribution in [0.1, 0.15) is 13.3 Å². The van der Waals surface area contributed by atoms with Crippen LogP contribution in [0, 0.1) is 0 Å². The molecular formula is C22H25N5OS. The Kier molecular flexibility index (Phi) is 4.92. The Morgan fingerprint density at radius 2 is 1.90 bits per heavy atom. The van der Waals surface area contributed by atoms with E-state index in [1.165, 1.54) is 4.09 Å². The first-order valence-electron chi connectivity index (χ1n) is 9.54. The summed E-state index contributed by atoms with van der Waals surface area (Å²) in [6.45, 7) is 1.99. The second-order valence-electron chi connectivity index (χ2n) is 7.37. The van der Waals surface area contributed by atoms with Gasteiger partial charge in [0.25, 0.3) is 0 Å². The molecule has 0 amide bonds. The van der Waals surface area contributed by atoms with Crippen LogP contribution in [0.25, 0.3) is 33.3 Å². The van der Waals surface area contributed by atoms with E-state index in [-0.39, 0.29) is 0 Å². The van der Waals surface area contributed by atoms with Crippen LogP contribution in [0.3, 0.4) is 0 Å². The van der Waals surface area contributed by atoms with E-state index >= 15 is 0 Å². The number of anilines is 1. The highest BCUT2D eigenvalue weighted by Crippen LogP contribution is 2.31. The zero-order valence-corrected chi connectivity index (χ0v) is 17.7. The Balaban J connectivity index is 1.74. The predicted octanol–water partition coefficient (Wildman–Crippen LogP) is 4.05. The highest BCUT2D eigenvalue weighted by molar-refractivity contribution is 7.98. The van der Waals surface area contributed by atoms with E-state index in [1.807, 2.05) is 39.6 Å². The number of aromatic amines is 1. The van der Waals surface area contributed by atoms with Gasteiger partial charge in [-0.15, -0.1) is 0 Å². The lowest BCUT2D eigenvalue weighted by molar-refractivity contribution is 0.667. The fraction of sp³-hybridized carbons (Fsp3) is 0.227. The van der Waals surface area contributed by atoms with Gasteiger partial charge in [-0.05, 0) is 36.1 Å². The lowest BCUT2D eigenvalue weighted by Gasteiger charge is -2.12. The van der Waals surface area contributed by atoms with Gasteiger partial charge >= 0.3 is 0 Å². The monoisotopic (exact) mass is 407 g/mol. The van der Waals surface area contributed by atoms with Crippen molar-refractivity contribution in [3.05, 3.63) is 55.1 Å². The van der Waals surface area contributed by atoms with Crippen molar-refractivity contribution in [2.45, 2.75) is 13.3 Å². The van der Waals surface area contributed by atoms with Crippen LogP contribution in [0.15, 0.2) is 55.1 Å². The van der Waals surface area contributed by atoms with Gasteiger partial charge in [-0.2, -0.15) is 9.19 Å². The normalized spacial score (nSPS) is 13.5. The standard InChI is InChI=1S/C22H25N5OS/c1-5-10-29(4,28)27-15-18(13-25-27)21-14-24-22-20(21)11-17(12-23-22)16-6-8-19(9-7-16)26(2)3/h6-9,11-15H,4-5,10H2,1-3H3,(H,23,24). The third-order valence-electron chi connectivity index (χ3n) is 4.98. The summed E-state index contributed by atoms with van der Waals surface area (Å²) in [4.78, 5) is 9.88. The van der Waals surface area contributed by atoms with E-state index in [0.29, 0.717) is 5.75 Å². The van der Waals surface area contributed by atoms with Crippen molar-refractivity contribution >= 4 is 32.3 Å². The van der Waals surface area contributed by atoms with E-state index < -0.39 is 9.71 Å². The van der Waals surface area contributed by atoms with Gasteiger partial charge in [0.05, 0.1) is 15.9 Å². The Morgan fingerprint density at radius 1 is 1.14 bits per heavy atom. The summed E-state index contributed by atoms with van der Waals surface area (Å²) in [7, 11) is 1.63. The van der Waals surface area contributed by atoms with E-state index in [2.05, 4.69) is 56.2 Å². The molecule has 1 atom stereocenters. The second kappa shape index (κ2) is 7.40. The van der Waals surface area contributed by atoms with Gasteiger partial charge in [-0.25, -0.2) is 9.19 Å². The minimum atomic E-state index is -2.42. The van der Waals surface area contributed by atoms with Gasteiger partial charge in [0.15, 0.2) is 0 Å². The maximum atomic E-state index is 12.7. The number of nitrogens with one attached hydrogen (secondary N) is 1. The first-order valence-corrected chi connectivity index (χ1v) is 11.4. The summed E-state index contributed by atoms with van der Waals surface area (Å²) in [6, 6.07) is 10.5. The van der Waals surface area contributed by atoms with Crippen molar-refractivity contribution in [1.29, 1.82) is 0 Å². The molecule has 0 aliphatic rings. The molecule has 3 aromatic heterocycles. The summed E-state index contributed by atoms with van der Waals surface area (Å²) < 4.78 is 14.2. The maximum Gasteiger partial charge on any atom is 0.137 e. The second-order valence-corrected chi connectivity index (χ2v) is 9.70. The van der Waals surface area contributed by atoms with E-state index in [4.69, 9.17) is 0 Å². The predicted molar refractivity (Wildman–Crippen MR) is 123 cm³/mol. The topological polar surface area (TPSA) is 66.8 Å². The molecule has 4 aromatic rings. The Hall–Kier alpha value is -3.06. The fourth-order valence-corrected chi connectivity index (χ4v) is 4.74. The van der Waals surface area contributed by atoms with Crippen LogP contribution in [0.2, 0.25) is 0 Å². The van der Waals surface area contributed by atoms with Gasteiger partial charge in [0.2, 0.25) is 0 Å². The smallest absolute Gasteiger partial charge is 0.137 e. The zero-order valence-electron chi connectivity index (χ0n) is 16.9.